The SMILES string of the molecule is COc1ccc(S(=O)(=O)Nc2cnc(Br)cc2C)c(Cl)c1Cl. The number of aromatic nitrogens is 1. The van der Waals surface area contributed by atoms with Crippen LogP contribution in [0.5, 0.6) is 5.75 Å². The van der Waals surface area contributed by atoms with Gasteiger partial charge in [0.25, 0.3) is 10.0 Å². The van der Waals surface area contributed by atoms with Crippen LogP contribution in [-0.2, 0) is 10.0 Å². The molecule has 0 fully saturated rings. The molecule has 0 aliphatic heterocycles. The van der Waals surface area contributed by atoms with Gasteiger partial charge in [-0.2, -0.15) is 0 Å². The van der Waals surface area contributed by atoms with E-state index in [2.05, 4.69) is 25.6 Å². The smallest absolute Gasteiger partial charge is 0.263 e. The Morgan fingerprint density at radius 2 is 1.95 bits per heavy atom. The molecular weight excluding hydrogens is 415 g/mol. The van der Waals surface area contributed by atoms with E-state index in [1.54, 1.807) is 13.0 Å². The van der Waals surface area contributed by atoms with Crippen LogP contribution in [0.2, 0.25) is 10.0 Å². The zero-order valence-electron chi connectivity index (χ0n) is 11.5. The summed E-state index contributed by atoms with van der Waals surface area (Å²) in [6, 6.07) is 4.47. The minimum Gasteiger partial charge on any atom is -0.495 e. The average molecular weight is 426 g/mol. The molecule has 0 spiro atoms. The van der Waals surface area contributed by atoms with Crippen LogP contribution >= 0.6 is 39.1 Å². The first-order valence-electron chi connectivity index (χ1n) is 5.93. The van der Waals surface area contributed by atoms with E-state index >= 15 is 0 Å². The Morgan fingerprint density at radius 3 is 2.55 bits per heavy atom. The van der Waals surface area contributed by atoms with Gasteiger partial charge < -0.3 is 4.74 Å². The molecule has 0 bridgehead atoms. The summed E-state index contributed by atoms with van der Waals surface area (Å²) >= 11 is 15.2. The molecule has 1 N–H and O–H groups in total. The van der Waals surface area contributed by atoms with E-state index in [1.807, 2.05) is 0 Å². The highest BCUT2D eigenvalue weighted by Gasteiger charge is 2.22. The first kappa shape index (κ1) is 17.3. The monoisotopic (exact) mass is 424 g/mol. The molecule has 2 aromatic rings. The zero-order chi connectivity index (χ0) is 16.5. The van der Waals surface area contributed by atoms with Gasteiger partial charge in [-0.3, -0.25) is 4.72 Å². The van der Waals surface area contributed by atoms with Crippen molar-refractivity contribution in [2.24, 2.45) is 0 Å². The van der Waals surface area contributed by atoms with E-state index in [0.29, 0.717) is 21.6 Å². The molecule has 1 heterocycles. The molecule has 5 nitrogen and oxygen atoms in total. The second kappa shape index (κ2) is 6.62. The van der Waals surface area contributed by atoms with Crippen molar-refractivity contribution < 1.29 is 13.2 Å². The lowest BCUT2D eigenvalue weighted by Crippen LogP contribution is -2.14. The third-order valence-corrected chi connectivity index (χ3v) is 5.66. The molecule has 0 atom stereocenters. The minimum atomic E-state index is -3.90. The molecule has 1 aromatic carbocycles. The summed E-state index contributed by atoms with van der Waals surface area (Å²) in [6.07, 6.45) is 1.41. The molecule has 0 saturated heterocycles. The van der Waals surface area contributed by atoms with Gasteiger partial charge in [0.1, 0.15) is 20.3 Å². The number of benzene rings is 1. The van der Waals surface area contributed by atoms with E-state index in [1.165, 1.54) is 25.4 Å². The van der Waals surface area contributed by atoms with Gasteiger partial charge in [0.2, 0.25) is 0 Å². The summed E-state index contributed by atoms with van der Waals surface area (Å²) in [7, 11) is -2.49. The van der Waals surface area contributed by atoms with Crippen LogP contribution in [0.25, 0.3) is 0 Å². The fourth-order valence-corrected chi connectivity index (χ4v) is 4.11. The van der Waals surface area contributed by atoms with Crippen molar-refractivity contribution in [3.63, 3.8) is 0 Å². The predicted octanol–water partition coefficient (Wildman–Crippen LogP) is 4.27. The third kappa shape index (κ3) is 3.48. The first-order chi connectivity index (χ1) is 10.3. The largest absolute Gasteiger partial charge is 0.495 e. The summed E-state index contributed by atoms with van der Waals surface area (Å²) in [4.78, 5) is 3.86. The topological polar surface area (TPSA) is 68.3 Å². The number of nitrogens with one attached hydrogen (secondary N) is 1. The number of anilines is 1. The van der Waals surface area contributed by atoms with Crippen molar-refractivity contribution in [1.82, 2.24) is 4.98 Å². The molecule has 0 aliphatic carbocycles. The Bertz CT molecular complexity index is 828. The van der Waals surface area contributed by atoms with Crippen molar-refractivity contribution in [3.05, 3.63) is 44.6 Å². The van der Waals surface area contributed by atoms with Gasteiger partial charge in [-0.1, -0.05) is 23.2 Å². The molecule has 118 valence electrons. The Kier molecular flexibility index (Phi) is 5.21. The van der Waals surface area contributed by atoms with Crippen molar-refractivity contribution >= 4 is 54.8 Å². The van der Waals surface area contributed by atoms with Gasteiger partial charge in [0, 0.05) is 0 Å². The first-order valence-corrected chi connectivity index (χ1v) is 8.96. The number of rotatable bonds is 4. The molecular formula is C13H11BrCl2N2O3S. The number of hydrogen-bond acceptors (Lipinski definition) is 4. The standard InChI is InChI=1S/C13H11BrCl2N2O3S/c1-7-5-11(14)17-6-8(7)18-22(19,20)10-4-3-9(21-2)12(15)13(10)16/h3-6,18H,1-2H3. The summed E-state index contributed by atoms with van der Waals surface area (Å²) < 4.78 is 33.0. The van der Waals surface area contributed by atoms with Crippen LogP contribution in [0.15, 0.2) is 33.9 Å². The van der Waals surface area contributed by atoms with Crippen LogP contribution in [0.4, 0.5) is 5.69 Å². The number of pyridine rings is 1. The number of nitrogens with zero attached hydrogens (tertiary/aromatic N) is 1. The van der Waals surface area contributed by atoms with Crippen molar-refractivity contribution in [1.29, 1.82) is 0 Å². The van der Waals surface area contributed by atoms with E-state index in [0.717, 1.165) is 0 Å². The number of ether oxygens (including phenoxy) is 1. The number of aryl methyl sites for hydroxylation is 1. The quantitative estimate of drug-likeness (QED) is 0.742. The molecule has 0 aliphatic rings. The Balaban J connectivity index is 2.45. The summed E-state index contributed by atoms with van der Waals surface area (Å²) in [5, 5.41) is -0.0612. The maximum Gasteiger partial charge on any atom is 0.263 e. The maximum absolute atomic E-state index is 12.5. The number of halogens is 3. The number of methoxy groups -OCH3 is 1. The van der Waals surface area contributed by atoms with Crippen LogP contribution in [0.1, 0.15) is 5.56 Å². The molecule has 0 amide bonds. The molecule has 0 saturated carbocycles. The van der Waals surface area contributed by atoms with Gasteiger partial charge in [0.05, 0.1) is 24.0 Å². The Labute approximate surface area is 146 Å². The van der Waals surface area contributed by atoms with Gasteiger partial charge in [0.15, 0.2) is 0 Å². The van der Waals surface area contributed by atoms with Crippen molar-refractivity contribution in [2.75, 3.05) is 11.8 Å². The average Bonchev–Trinajstić information content (AvgIpc) is 2.44. The lowest BCUT2D eigenvalue weighted by molar-refractivity contribution is 0.414. The van der Waals surface area contributed by atoms with E-state index in [-0.39, 0.29) is 14.9 Å². The second-order valence-electron chi connectivity index (χ2n) is 4.32. The third-order valence-electron chi connectivity index (χ3n) is 2.84. The molecule has 2 rings (SSSR count). The molecule has 1 aromatic heterocycles. The fraction of sp³-hybridized carbons (Fsp3) is 0.154. The van der Waals surface area contributed by atoms with Crippen LogP contribution in [0.3, 0.4) is 0 Å². The van der Waals surface area contributed by atoms with E-state index in [4.69, 9.17) is 27.9 Å². The highest BCUT2D eigenvalue weighted by atomic mass is 79.9. The maximum atomic E-state index is 12.5. The summed E-state index contributed by atoms with van der Waals surface area (Å²) in [5.74, 6) is 0.298. The number of hydrogen-bond donors (Lipinski definition) is 1. The van der Waals surface area contributed by atoms with E-state index < -0.39 is 10.0 Å². The highest BCUT2D eigenvalue weighted by Crippen LogP contribution is 2.37. The van der Waals surface area contributed by atoms with E-state index in [9.17, 15) is 8.42 Å². The van der Waals surface area contributed by atoms with Crippen molar-refractivity contribution in [2.45, 2.75) is 11.8 Å². The molecule has 0 unspecified atom stereocenters. The molecule has 9 heteroatoms. The minimum absolute atomic E-state index is 0.0395. The second-order valence-corrected chi connectivity index (χ2v) is 7.54. The van der Waals surface area contributed by atoms with Gasteiger partial charge in [-0.05, 0) is 46.6 Å². The van der Waals surface area contributed by atoms with Gasteiger partial charge >= 0.3 is 0 Å². The van der Waals surface area contributed by atoms with Crippen molar-refractivity contribution in [3.8, 4) is 5.75 Å². The Hall–Kier alpha value is -1.02. The normalized spacial score (nSPS) is 11.3. The van der Waals surface area contributed by atoms with Gasteiger partial charge in [-0.25, -0.2) is 13.4 Å². The lowest BCUT2D eigenvalue weighted by atomic mass is 10.3. The number of sulfonamides is 1. The Morgan fingerprint density at radius 1 is 1.27 bits per heavy atom. The van der Waals surface area contributed by atoms with Crippen LogP contribution in [0, 0.1) is 6.92 Å². The fourth-order valence-electron chi connectivity index (χ4n) is 1.71. The lowest BCUT2D eigenvalue weighted by Gasteiger charge is -2.13. The molecule has 0 radical (unpaired) electrons. The zero-order valence-corrected chi connectivity index (χ0v) is 15.4. The van der Waals surface area contributed by atoms with Crippen LogP contribution < -0.4 is 9.46 Å². The summed E-state index contributed by atoms with van der Waals surface area (Å²) in [5.41, 5.74) is 1.06. The van der Waals surface area contributed by atoms with Gasteiger partial charge in [-0.15, -0.1) is 0 Å². The summed E-state index contributed by atoms with van der Waals surface area (Å²) in [6.45, 7) is 1.76. The predicted molar refractivity (Wildman–Crippen MR) is 90.5 cm³/mol. The van der Waals surface area contributed by atoms with Crippen LogP contribution in [-0.4, -0.2) is 20.5 Å². The molecule has 22 heavy (non-hydrogen) atoms. The highest BCUT2D eigenvalue weighted by molar-refractivity contribution is 9.10.